The van der Waals surface area contributed by atoms with Crippen molar-refractivity contribution in [1.82, 2.24) is 5.32 Å². The van der Waals surface area contributed by atoms with Gasteiger partial charge in [-0.15, -0.1) is 0 Å². The minimum Gasteiger partial charge on any atom is -0.423 e. The molecule has 0 bridgehead atoms. The Bertz CT molecular complexity index is 816. The third kappa shape index (κ3) is 4.61. The normalized spacial score (nSPS) is 12.0. The van der Waals surface area contributed by atoms with Crippen molar-refractivity contribution >= 4 is 40.2 Å². The van der Waals surface area contributed by atoms with Gasteiger partial charge in [0.05, 0.1) is 0 Å². The number of thioether (sulfide) groups is 1. The van der Waals surface area contributed by atoms with Gasteiger partial charge in [0.25, 0.3) is 0 Å². The lowest BCUT2D eigenvalue weighted by Gasteiger charge is -2.17. The monoisotopic (exact) mass is 348 g/mol. The van der Waals surface area contributed by atoms with Crippen LogP contribution in [-0.2, 0) is 9.59 Å². The quantitative estimate of drug-likeness (QED) is 0.782. The fraction of sp³-hybridized carbons (Fsp3) is 0.353. The summed E-state index contributed by atoms with van der Waals surface area (Å²) >= 11 is 1.60. The van der Waals surface area contributed by atoms with Gasteiger partial charge in [0.1, 0.15) is 11.6 Å². The number of hydrogen-bond acceptors (Lipinski definition) is 5. The van der Waals surface area contributed by atoms with Crippen LogP contribution >= 0.6 is 11.8 Å². The molecule has 0 saturated carbocycles. The molecule has 0 unspecified atom stereocenters. The Morgan fingerprint density at radius 2 is 2.04 bits per heavy atom. The number of fused-ring (bicyclic) bond motifs is 1. The maximum absolute atomic E-state index is 12.4. The van der Waals surface area contributed by atoms with E-state index in [1.54, 1.807) is 30.0 Å². The fourth-order valence-corrected chi connectivity index (χ4v) is 2.85. The molecule has 7 heteroatoms. The van der Waals surface area contributed by atoms with Crippen molar-refractivity contribution in [3.05, 3.63) is 40.2 Å². The van der Waals surface area contributed by atoms with Crippen LogP contribution in [0.2, 0.25) is 0 Å². The summed E-state index contributed by atoms with van der Waals surface area (Å²) in [7, 11) is 0. The van der Waals surface area contributed by atoms with E-state index in [-0.39, 0.29) is 11.8 Å². The highest BCUT2D eigenvalue weighted by Gasteiger charge is 2.19. The van der Waals surface area contributed by atoms with Crippen LogP contribution in [0, 0.1) is 6.92 Å². The van der Waals surface area contributed by atoms with Gasteiger partial charge >= 0.3 is 5.63 Å². The maximum atomic E-state index is 12.4. The Balaban J connectivity index is 2.21. The zero-order valence-corrected chi connectivity index (χ0v) is 14.7. The molecule has 1 atom stereocenters. The Morgan fingerprint density at radius 1 is 1.29 bits per heavy atom. The van der Waals surface area contributed by atoms with Crippen LogP contribution in [0.5, 0.6) is 0 Å². The highest BCUT2D eigenvalue weighted by atomic mass is 32.2. The Morgan fingerprint density at radius 3 is 2.71 bits per heavy atom. The van der Waals surface area contributed by atoms with Crippen LogP contribution in [0.25, 0.3) is 11.0 Å². The van der Waals surface area contributed by atoms with Gasteiger partial charge in [0.2, 0.25) is 11.8 Å². The molecule has 0 aliphatic carbocycles. The molecule has 1 aromatic heterocycles. The second kappa shape index (κ2) is 8.01. The highest BCUT2D eigenvalue weighted by molar-refractivity contribution is 7.98. The number of benzene rings is 1. The molecule has 0 aliphatic heterocycles. The second-order valence-electron chi connectivity index (χ2n) is 5.48. The summed E-state index contributed by atoms with van der Waals surface area (Å²) in [6, 6.07) is 5.97. The van der Waals surface area contributed by atoms with Crippen LogP contribution < -0.4 is 16.3 Å². The molecule has 24 heavy (non-hydrogen) atoms. The molecule has 2 amide bonds. The standard InChI is InChI=1S/C17H20N2O4S/c1-10-8-16(21)23-15-9-12(4-5-13(10)15)19-17(22)14(6-7-24-3)18-11(2)20/h4-5,8-9,14H,6-7H2,1-3H3,(H,18,20)(H,19,22)/t14-/m1/s1. The average molecular weight is 348 g/mol. The number of anilines is 1. The van der Waals surface area contributed by atoms with Crippen molar-refractivity contribution in [1.29, 1.82) is 0 Å². The van der Waals surface area contributed by atoms with Crippen molar-refractivity contribution in [3.63, 3.8) is 0 Å². The number of nitrogens with one attached hydrogen (secondary N) is 2. The molecular formula is C17H20N2O4S. The van der Waals surface area contributed by atoms with Crippen LogP contribution in [-0.4, -0.2) is 29.9 Å². The molecule has 0 fully saturated rings. The van der Waals surface area contributed by atoms with Crippen molar-refractivity contribution in [2.24, 2.45) is 0 Å². The molecule has 2 rings (SSSR count). The maximum Gasteiger partial charge on any atom is 0.336 e. The second-order valence-corrected chi connectivity index (χ2v) is 6.47. The SMILES string of the molecule is CSCC[C@@H](NC(C)=O)C(=O)Nc1ccc2c(C)cc(=O)oc2c1. The number of rotatable bonds is 6. The van der Waals surface area contributed by atoms with Crippen LogP contribution in [0.4, 0.5) is 5.69 Å². The van der Waals surface area contributed by atoms with Crippen molar-refractivity contribution in [2.45, 2.75) is 26.3 Å². The number of hydrogen-bond donors (Lipinski definition) is 2. The number of amides is 2. The first-order chi connectivity index (χ1) is 11.4. The van der Waals surface area contributed by atoms with E-state index < -0.39 is 11.7 Å². The van der Waals surface area contributed by atoms with E-state index in [9.17, 15) is 14.4 Å². The molecule has 1 aromatic carbocycles. The number of carbonyl (C=O) groups excluding carboxylic acids is 2. The van der Waals surface area contributed by atoms with Crippen molar-refractivity contribution < 1.29 is 14.0 Å². The molecule has 2 N–H and O–H groups in total. The smallest absolute Gasteiger partial charge is 0.336 e. The Labute approximate surface area is 144 Å². The third-order valence-corrected chi connectivity index (χ3v) is 4.17. The summed E-state index contributed by atoms with van der Waals surface area (Å²) in [4.78, 5) is 35.2. The van der Waals surface area contributed by atoms with E-state index in [1.807, 2.05) is 13.2 Å². The molecule has 0 saturated heterocycles. The summed E-state index contributed by atoms with van der Waals surface area (Å²) in [5.74, 6) is 0.203. The van der Waals surface area contributed by atoms with E-state index in [2.05, 4.69) is 10.6 Å². The summed E-state index contributed by atoms with van der Waals surface area (Å²) in [6.07, 6.45) is 2.48. The van der Waals surface area contributed by atoms with Gasteiger partial charge in [0.15, 0.2) is 0 Å². The molecular weight excluding hydrogens is 328 g/mol. The van der Waals surface area contributed by atoms with Crippen LogP contribution in [0.15, 0.2) is 33.5 Å². The van der Waals surface area contributed by atoms with Crippen molar-refractivity contribution in [2.75, 3.05) is 17.3 Å². The van der Waals surface area contributed by atoms with Gasteiger partial charge in [-0.1, -0.05) is 0 Å². The summed E-state index contributed by atoms with van der Waals surface area (Å²) in [6.45, 7) is 3.21. The van der Waals surface area contributed by atoms with Gasteiger partial charge in [-0.2, -0.15) is 11.8 Å². The van der Waals surface area contributed by atoms with E-state index in [0.29, 0.717) is 17.7 Å². The summed E-state index contributed by atoms with van der Waals surface area (Å²) in [5.41, 5.74) is 1.31. The largest absolute Gasteiger partial charge is 0.423 e. The molecule has 0 radical (unpaired) electrons. The van der Waals surface area contributed by atoms with Gasteiger partial charge < -0.3 is 15.1 Å². The first-order valence-corrected chi connectivity index (χ1v) is 8.91. The van der Waals surface area contributed by atoms with E-state index in [4.69, 9.17) is 4.42 Å². The van der Waals surface area contributed by atoms with Gasteiger partial charge in [-0.3, -0.25) is 9.59 Å². The Kier molecular flexibility index (Phi) is 6.03. The molecule has 1 heterocycles. The van der Waals surface area contributed by atoms with Crippen LogP contribution in [0.3, 0.4) is 0 Å². The predicted octanol–water partition coefficient (Wildman–Crippen LogP) is 2.30. The topological polar surface area (TPSA) is 88.4 Å². The van der Waals surface area contributed by atoms with Gasteiger partial charge in [-0.25, -0.2) is 4.79 Å². The molecule has 0 aliphatic rings. The average Bonchev–Trinajstić information content (AvgIpc) is 2.50. The first kappa shape index (κ1) is 18.1. The Hall–Kier alpha value is -2.28. The minimum atomic E-state index is -0.602. The predicted molar refractivity (Wildman–Crippen MR) is 96.5 cm³/mol. The minimum absolute atomic E-state index is 0.253. The lowest BCUT2D eigenvalue weighted by molar-refractivity contribution is -0.125. The van der Waals surface area contributed by atoms with Gasteiger partial charge in [-0.05, 0) is 43.0 Å². The van der Waals surface area contributed by atoms with Crippen LogP contribution in [0.1, 0.15) is 18.9 Å². The first-order valence-electron chi connectivity index (χ1n) is 7.52. The van der Waals surface area contributed by atoms with E-state index >= 15 is 0 Å². The van der Waals surface area contributed by atoms with Crippen molar-refractivity contribution in [3.8, 4) is 0 Å². The lowest BCUT2D eigenvalue weighted by Crippen LogP contribution is -2.43. The van der Waals surface area contributed by atoms with E-state index in [0.717, 1.165) is 16.7 Å². The third-order valence-electron chi connectivity index (χ3n) is 3.52. The molecule has 128 valence electrons. The zero-order chi connectivity index (χ0) is 17.7. The fourth-order valence-electron chi connectivity index (χ4n) is 2.38. The summed E-state index contributed by atoms with van der Waals surface area (Å²) < 4.78 is 5.17. The zero-order valence-electron chi connectivity index (χ0n) is 13.8. The highest BCUT2D eigenvalue weighted by Crippen LogP contribution is 2.21. The number of aryl methyl sites for hydroxylation is 1. The lowest BCUT2D eigenvalue weighted by atomic mass is 10.1. The van der Waals surface area contributed by atoms with Gasteiger partial charge in [0, 0.05) is 30.1 Å². The molecule has 6 nitrogen and oxygen atoms in total. The number of carbonyl (C=O) groups is 2. The van der Waals surface area contributed by atoms with E-state index in [1.165, 1.54) is 13.0 Å². The molecule has 2 aromatic rings. The molecule has 0 spiro atoms. The summed E-state index contributed by atoms with van der Waals surface area (Å²) in [5, 5.41) is 6.23.